The van der Waals surface area contributed by atoms with Gasteiger partial charge in [-0.15, -0.1) is 0 Å². The molecule has 0 unspecified atom stereocenters. The van der Waals surface area contributed by atoms with E-state index in [0.29, 0.717) is 0 Å². The summed E-state index contributed by atoms with van der Waals surface area (Å²) in [6.45, 7) is 6.96. The van der Waals surface area contributed by atoms with E-state index >= 15 is 0 Å². The molecule has 0 aliphatic carbocycles. The Balaban J connectivity index is 2.71. The van der Waals surface area contributed by atoms with Gasteiger partial charge in [0.2, 0.25) is 0 Å². The van der Waals surface area contributed by atoms with E-state index in [1.54, 1.807) is 0 Å². The first-order chi connectivity index (χ1) is 10.6. The minimum Gasteiger partial charge on any atom is -0.298 e. The van der Waals surface area contributed by atoms with Crippen LogP contribution in [0.5, 0.6) is 0 Å². The number of rotatable bonds is 6. The molecule has 0 aliphatic heterocycles. The molecule has 2 aromatic carbocycles. The molecular weight excluding hydrogens is 284 g/mol. The van der Waals surface area contributed by atoms with Gasteiger partial charge in [-0.1, -0.05) is 93.1 Å². The number of benzene rings is 2. The average molecular weight is 308 g/mol. The van der Waals surface area contributed by atoms with Crippen molar-refractivity contribution in [3.05, 3.63) is 71.8 Å². The molecule has 0 aliphatic rings. The molecule has 0 N–H and O–H groups in total. The van der Waals surface area contributed by atoms with E-state index in [0.717, 1.165) is 23.8 Å². The van der Waals surface area contributed by atoms with Crippen molar-refractivity contribution >= 4 is 25.1 Å². The summed E-state index contributed by atoms with van der Waals surface area (Å²) in [5.41, 5.74) is 3.07. The van der Waals surface area contributed by atoms with Crippen LogP contribution in [0, 0.1) is 0 Å². The van der Waals surface area contributed by atoms with Crippen molar-refractivity contribution in [3.8, 4) is 0 Å². The molecule has 0 aromatic heterocycles. The lowest BCUT2D eigenvalue weighted by Gasteiger charge is -2.28. The van der Waals surface area contributed by atoms with Crippen LogP contribution in [0.15, 0.2) is 60.7 Å². The molecule has 22 heavy (non-hydrogen) atoms. The van der Waals surface area contributed by atoms with Crippen LogP contribution in [0.2, 0.25) is 19.1 Å². The monoisotopic (exact) mass is 308 g/mol. The van der Waals surface area contributed by atoms with Gasteiger partial charge in [0.25, 0.3) is 0 Å². The number of allylic oxidation sites excluding steroid dienone is 1. The molecule has 0 amide bonds. The third kappa shape index (κ3) is 3.63. The van der Waals surface area contributed by atoms with E-state index in [-0.39, 0.29) is 0 Å². The van der Waals surface area contributed by atoms with Crippen LogP contribution in [0.1, 0.15) is 24.5 Å². The summed E-state index contributed by atoms with van der Waals surface area (Å²) in [4.78, 5) is 11.9. The maximum Gasteiger partial charge on any atom is 0.150 e. The average Bonchev–Trinajstić information content (AvgIpc) is 2.53. The van der Waals surface area contributed by atoms with Crippen molar-refractivity contribution in [1.29, 1.82) is 0 Å². The smallest absolute Gasteiger partial charge is 0.150 e. The van der Waals surface area contributed by atoms with Gasteiger partial charge < -0.3 is 0 Å². The van der Waals surface area contributed by atoms with Crippen LogP contribution in [-0.2, 0) is 4.79 Å². The van der Waals surface area contributed by atoms with Gasteiger partial charge in [0.1, 0.15) is 0 Å². The first-order valence-electron chi connectivity index (χ1n) is 7.91. The van der Waals surface area contributed by atoms with Crippen LogP contribution >= 0.6 is 0 Å². The van der Waals surface area contributed by atoms with Gasteiger partial charge in [-0.05, 0) is 16.3 Å². The van der Waals surface area contributed by atoms with Gasteiger partial charge in [0, 0.05) is 5.57 Å². The highest BCUT2D eigenvalue weighted by atomic mass is 28.3. The predicted octanol–water partition coefficient (Wildman–Crippen LogP) is 5.45. The molecule has 0 spiro atoms. The zero-order valence-electron chi connectivity index (χ0n) is 13.7. The second-order valence-corrected chi connectivity index (χ2v) is 11.0. The Morgan fingerprint density at radius 2 is 1.41 bits per heavy atom. The fraction of sp³-hybridized carbons (Fsp3) is 0.250. The Hall–Kier alpha value is -1.93. The van der Waals surface area contributed by atoms with Gasteiger partial charge in [-0.3, -0.25) is 4.79 Å². The first kappa shape index (κ1) is 16.4. The standard InChI is InChI=1S/C20H24OSi/c1-4-15-22(2,3)20(18-13-9-6-10-14-18)19(16-21)17-11-7-5-8-12-17/h5-14,16H,4,15H2,1-3H3/b20-19+. The number of carbonyl (C=O) groups excluding carboxylic acids is 1. The van der Waals surface area contributed by atoms with Crippen molar-refractivity contribution in [2.24, 2.45) is 0 Å². The second kappa shape index (κ2) is 7.37. The topological polar surface area (TPSA) is 17.1 Å². The Morgan fingerprint density at radius 3 is 1.86 bits per heavy atom. The highest BCUT2D eigenvalue weighted by Crippen LogP contribution is 2.35. The molecule has 0 heterocycles. The summed E-state index contributed by atoms with van der Waals surface area (Å²) in [6.07, 6.45) is 2.19. The zero-order chi connectivity index (χ0) is 16.0. The highest BCUT2D eigenvalue weighted by molar-refractivity contribution is 6.96. The second-order valence-electron chi connectivity index (χ2n) is 6.27. The van der Waals surface area contributed by atoms with E-state index < -0.39 is 8.07 Å². The van der Waals surface area contributed by atoms with E-state index in [1.807, 2.05) is 36.4 Å². The van der Waals surface area contributed by atoms with Crippen LogP contribution in [0.4, 0.5) is 0 Å². The molecule has 0 atom stereocenters. The van der Waals surface area contributed by atoms with E-state index in [4.69, 9.17) is 0 Å². The Bertz CT molecular complexity index is 642. The summed E-state index contributed by atoms with van der Waals surface area (Å²) < 4.78 is 0. The third-order valence-electron chi connectivity index (χ3n) is 4.09. The van der Waals surface area contributed by atoms with E-state index in [9.17, 15) is 4.79 Å². The minimum atomic E-state index is -1.69. The summed E-state index contributed by atoms with van der Waals surface area (Å²) in [5, 5.41) is 1.27. The van der Waals surface area contributed by atoms with Gasteiger partial charge in [0.15, 0.2) is 6.29 Å². The zero-order valence-corrected chi connectivity index (χ0v) is 14.7. The lowest BCUT2D eigenvalue weighted by atomic mass is 10.0. The fourth-order valence-electron chi connectivity index (χ4n) is 3.15. The van der Waals surface area contributed by atoms with Gasteiger partial charge >= 0.3 is 0 Å². The number of aldehydes is 1. The van der Waals surface area contributed by atoms with Crippen LogP contribution in [-0.4, -0.2) is 14.4 Å². The molecule has 0 radical (unpaired) electrons. The summed E-state index contributed by atoms with van der Waals surface area (Å²) in [7, 11) is -1.69. The number of carbonyl (C=O) groups is 1. The number of hydrogen-bond acceptors (Lipinski definition) is 1. The molecule has 2 heteroatoms. The molecule has 2 rings (SSSR count). The van der Waals surface area contributed by atoms with Crippen LogP contribution < -0.4 is 0 Å². The Labute approximate surface area is 134 Å². The molecule has 0 bridgehead atoms. The SMILES string of the molecule is CCC[Si](C)(C)/C(=C(\C=O)c1ccccc1)c1ccccc1. The fourth-order valence-corrected chi connectivity index (χ4v) is 6.54. The Morgan fingerprint density at radius 1 is 0.909 bits per heavy atom. The molecule has 0 saturated heterocycles. The van der Waals surface area contributed by atoms with Crippen molar-refractivity contribution in [1.82, 2.24) is 0 Å². The minimum absolute atomic E-state index is 0.858. The highest BCUT2D eigenvalue weighted by Gasteiger charge is 2.29. The lowest BCUT2D eigenvalue weighted by Crippen LogP contribution is -2.29. The van der Waals surface area contributed by atoms with Crippen molar-refractivity contribution in [2.45, 2.75) is 32.5 Å². The largest absolute Gasteiger partial charge is 0.298 e. The third-order valence-corrected chi connectivity index (χ3v) is 7.75. The quantitative estimate of drug-likeness (QED) is 0.300. The van der Waals surface area contributed by atoms with Gasteiger partial charge in [0.05, 0.1) is 8.07 Å². The van der Waals surface area contributed by atoms with E-state index in [2.05, 4.69) is 44.3 Å². The molecule has 1 nitrogen and oxygen atoms in total. The van der Waals surface area contributed by atoms with Crippen LogP contribution in [0.3, 0.4) is 0 Å². The van der Waals surface area contributed by atoms with Crippen molar-refractivity contribution in [3.63, 3.8) is 0 Å². The van der Waals surface area contributed by atoms with Gasteiger partial charge in [-0.25, -0.2) is 0 Å². The maximum absolute atomic E-state index is 11.9. The molecule has 0 fully saturated rings. The normalized spacial score (nSPS) is 12.7. The lowest BCUT2D eigenvalue weighted by molar-refractivity contribution is -0.103. The van der Waals surface area contributed by atoms with E-state index in [1.165, 1.54) is 16.8 Å². The predicted molar refractivity (Wildman–Crippen MR) is 98.3 cm³/mol. The van der Waals surface area contributed by atoms with Crippen molar-refractivity contribution < 1.29 is 4.79 Å². The molecule has 0 saturated carbocycles. The maximum atomic E-state index is 11.9. The summed E-state index contributed by atoms with van der Waals surface area (Å²) in [5.74, 6) is 0. The van der Waals surface area contributed by atoms with Crippen molar-refractivity contribution in [2.75, 3.05) is 0 Å². The molecular formula is C20H24OSi. The first-order valence-corrected chi connectivity index (χ1v) is 11.1. The summed E-state index contributed by atoms with van der Waals surface area (Å²) in [6, 6.07) is 21.6. The molecule has 2 aromatic rings. The molecule has 114 valence electrons. The number of hydrogen-bond donors (Lipinski definition) is 0. The Kier molecular flexibility index (Phi) is 5.50. The summed E-state index contributed by atoms with van der Waals surface area (Å²) >= 11 is 0. The van der Waals surface area contributed by atoms with Crippen LogP contribution in [0.25, 0.3) is 10.8 Å². The van der Waals surface area contributed by atoms with Gasteiger partial charge in [-0.2, -0.15) is 0 Å².